The number of rotatable bonds is 5. The maximum absolute atomic E-state index is 13.2. The monoisotopic (exact) mass is 521 g/mol. The summed E-state index contributed by atoms with van der Waals surface area (Å²) in [7, 11) is 1.63. The van der Waals surface area contributed by atoms with Gasteiger partial charge in [-0.15, -0.1) is 0 Å². The van der Waals surface area contributed by atoms with Gasteiger partial charge < -0.3 is 14.4 Å². The lowest BCUT2D eigenvalue weighted by atomic mass is 9.71. The number of methoxy groups -OCH3 is 1. The van der Waals surface area contributed by atoms with Crippen LogP contribution in [-0.2, 0) is 9.59 Å². The fraction of sp³-hybridized carbons (Fsp3) is 0.500. The van der Waals surface area contributed by atoms with E-state index in [0.717, 1.165) is 63.9 Å². The number of nitrogens with zero attached hydrogens (tertiary/aromatic N) is 1. The Hall–Kier alpha value is -1.83. The Bertz CT molecular complexity index is 918. The molecule has 1 aliphatic heterocycles. The van der Waals surface area contributed by atoms with Crippen molar-refractivity contribution in [2.45, 2.75) is 58.3 Å². The van der Waals surface area contributed by atoms with Crippen molar-refractivity contribution < 1.29 is 19.1 Å². The van der Waals surface area contributed by atoms with E-state index in [0.29, 0.717) is 30.9 Å². The van der Waals surface area contributed by atoms with Gasteiger partial charge in [-0.25, -0.2) is 0 Å². The molecular weight excluding hydrogens is 493 g/mol. The fourth-order valence-corrected chi connectivity index (χ4v) is 5.99. The van der Waals surface area contributed by atoms with Gasteiger partial charge in [0.1, 0.15) is 0 Å². The van der Waals surface area contributed by atoms with Crippen LogP contribution in [0.4, 0.5) is 0 Å². The first kappa shape index (κ1) is 21.4. The summed E-state index contributed by atoms with van der Waals surface area (Å²) >= 11 is 2.25. The minimum absolute atomic E-state index is 0.174. The van der Waals surface area contributed by atoms with Crippen molar-refractivity contribution in [1.82, 2.24) is 4.90 Å². The zero-order valence-electron chi connectivity index (χ0n) is 17.8. The molecule has 0 aromatic heterocycles. The van der Waals surface area contributed by atoms with E-state index in [2.05, 4.69) is 34.4 Å². The zero-order valence-corrected chi connectivity index (χ0v) is 20.0. The maximum atomic E-state index is 13.2. The molecule has 0 amide bonds. The molecule has 0 radical (unpaired) electrons. The van der Waals surface area contributed by atoms with Gasteiger partial charge in [-0.05, 0) is 79.8 Å². The van der Waals surface area contributed by atoms with Crippen LogP contribution in [0.1, 0.15) is 63.9 Å². The van der Waals surface area contributed by atoms with Gasteiger partial charge in [0.25, 0.3) is 0 Å². The highest BCUT2D eigenvalue weighted by Crippen LogP contribution is 2.50. The Balaban J connectivity index is 1.97. The van der Waals surface area contributed by atoms with Crippen LogP contribution in [0, 0.1) is 3.57 Å². The summed E-state index contributed by atoms with van der Waals surface area (Å²) in [6, 6.07) is 4.02. The van der Waals surface area contributed by atoms with E-state index in [4.69, 9.17) is 9.47 Å². The highest BCUT2D eigenvalue weighted by Gasteiger charge is 2.43. The molecule has 30 heavy (non-hydrogen) atoms. The van der Waals surface area contributed by atoms with Crippen LogP contribution in [0.2, 0.25) is 0 Å². The van der Waals surface area contributed by atoms with Crippen molar-refractivity contribution in [1.29, 1.82) is 0 Å². The van der Waals surface area contributed by atoms with Gasteiger partial charge in [-0.1, -0.05) is 0 Å². The molecule has 1 aromatic carbocycles. The van der Waals surface area contributed by atoms with Gasteiger partial charge >= 0.3 is 0 Å². The summed E-state index contributed by atoms with van der Waals surface area (Å²) < 4.78 is 12.3. The Morgan fingerprint density at radius 3 is 2.10 bits per heavy atom. The van der Waals surface area contributed by atoms with Crippen molar-refractivity contribution in [2.75, 3.05) is 20.3 Å². The van der Waals surface area contributed by atoms with Gasteiger partial charge in [0.15, 0.2) is 23.1 Å². The van der Waals surface area contributed by atoms with E-state index in [9.17, 15) is 9.59 Å². The van der Waals surface area contributed by atoms with Gasteiger partial charge in [0.2, 0.25) is 0 Å². The number of ether oxygens (including phenoxy) is 2. The molecule has 0 bridgehead atoms. The Morgan fingerprint density at radius 2 is 1.60 bits per heavy atom. The largest absolute Gasteiger partial charge is 0.492 e. The van der Waals surface area contributed by atoms with E-state index in [1.807, 2.05) is 19.1 Å². The molecule has 0 spiro atoms. The third-order valence-electron chi connectivity index (χ3n) is 6.27. The molecule has 5 nitrogen and oxygen atoms in total. The second kappa shape index (κ2) is 8.73. The summed E-state index contributed by atoms with van der Waals surface area (Å²) in [5.74, 6) is 1.40. The van der Waals surface area contributed by atoms with Crippen LogP contribution >= 0.6 is 22.6 Å². The zero-order chi connectivity index (χ0) is 21.4. The Morgan fingerprint density at radius 1 is 1.00 bits per heavy atom. The summed E-state index contributed by atoms with van der Waals surface area (Å²) in [6.45, 7) is 5.35. The summed E-state index contributed by atoms with van der Waals surface area (Å²) in [5.41, 5.74) is 4.83. The fourth-order valence-electron chi connectivity index (χ4n) is 5.15. The first-order valence-electron chi connectivity index (χ1n) is 10.8. The average molecular weight is 521 g/mol. The molecule has 0 N–H and O–H groups in total. The van der Waals surface area contributed by atoms with Crippen molar-refractivity contribution in [3.05, 3.63) is 43.8 Å². The van der Waals surface area contributed by atoms with Crippen molar-refractivity contribution in [3.63, 3.8) is 0 Å². The Kier molecular flexibility index (Phi) is 6.23. The van der Waals surface area contributed by atoms with Gasteiger partial charge in [0.05, 0.1) is 17.3 Å². The Labute approximate surface area is 191 Å². The molecule has 0 atom stereocenters. The number of carbonyl (C=O) groups excluding carboxylic acids is 2. The molecule has 2 aliphatic carbocycles. The van der Waals surface area contributed by atoms with Crippen LogP contribution in [0.15, 0.2) is 34.7 Å². The molecule has 1 heterocycles. The lowest BCUT2D eigenvalue weighted by Gasteiger charge is -2.43. The highest BCUT2D eigenvalue weighted by atomic mass is 127. The summed E-state index contributed by atoms with van der Waals surface area (Å²) in [6.07, 6.45) is 4.64. The number of hydrogen-bond acceptors (Lipinski definition) is 5. The third-order valence-corrected chi connectivity index (χ3v) is 7.07. The van der Waals surface area contributed by atoms with Crippen LogP contribution in [0.5, 0.6) is 11.5 Å². The first-order valence-corrected chi connectivity index (χ1v) is 11.9. The van der Waals surface area contributed by atoms with Crippen LogP contribution in [0.25, 0.3) is 0 Å². The normalized spacial score (nSPS) is 19.8. The number of hydrogen-bond donors (Lipinski definition) is 0. The van der Waals surface area contributed by atoms with Crippen LogP contribution in [-0.4, -0.2) is 36.7 Å². The van der Waals surface area contributed by atoms with Gasteiger partial charge in [-0.3, -0.25) is 9.59 Å². The first-order chi connectivity index (χ1) is 14.5. The molecular formula is C24H28INO4. The number of allylic oxidation sites excluding steroid dienone is 4. The quantitative estimate of drug-likeness (QED) is 0.503. The van der Waals surface area contributed by atoms with E-state index in [1.165, 1.54) is 0 Å². The SMILES string of the molecule is CCOc1cc(C2C3=C(CCCC3=O)N(CC)C3=C2C(=O)CCC3)cc(I)c1OC. The van der Waals surface area contributed by atoms with Crippen molar-refractivity contribution in [3.8, 4) is 11.5 Å². The second-order valence-electron chi connectivity index (χ2n) is 7.92. The van der Waals surface area contributed by atoms with E-state index < -0.39 is 0 Å². The van der Waals surface area contributed by atoms with E-state index in [-0.39, 0.29) is 17.5 Å². The molecule has 1 aromatic rings. The molecule has 0 fully saturated rings. The van der Waals surface area contributed by atoms with Gasteiger partial charge in [0, 0.05) is 47.8 Å². The number of benzene rings is 1. The molecule has 0 unspecified atom stereocenters. The summed E-state index contributed by atoms with van der Waals surface area (Å²) in [4.78, 5) is 28.7. The standard InChI is InChI=1S/C24H28INO4/c1-4-26-16-8-6-10-18(27)22(16)21(23-17(26)9-7-11-19(23)28)14-12-15(25)24(29-3)20(13-14)30-5-2/h12-13,21H,4-11H2,1-3H3. The highest BCUT2D eigenvalue weighted by molar-refractivity contribution is 14.1. The molecule has 160 valence electrons. The van der Waals surface area contributed by atoms with Crippen LogP contribution < -0.4 is 9.47 Å². The molecule has 6 heteroatoms. The minimum atomic E-state index is -0.308. The van der Waals surface area contributed by atoms with Gasteiger partial charge in [-0.2, -0.15) is 0 Å². The summed E-state index contributed by atoms with van der Waals surface area (Å²) in [5, 5.41) is 0. The van der Waals surface area contributed by atoms with Crippen molar-refractivity contribution in [2.24, 2.45) is 0 Å². The van der Waals surface area contributed by atoms with Crippen LogP contribution in [0.3, 0.4) is 0 Å². The topological polar surface area (TPSA) is 55.8 Å². The molecule has 0 saturated heterocycles. The molecule has 0 saturated carbocycles. The maximum Gasteiger partial charge on any atom is 0.174 e. The predicted octanol–water partition coefficient (Wildman–Crippen LogP) is 5.13. The third kappa shape index (κ3) is 3.47. The lowest BCUT2D eigenvalue weighted by Crippen LogP contribution is -2.39. The minimum Gasteiger partial charge on any atom is -0.492 e. The molecule has 3 aliphatic rings. The number of halogens is 1. The van der Waals surface area contributed by atoms with E-state index in [1.54, 1.807) is 7.11 Å². The number of ketones is 2. The number of carbonyl (C=O) groups is 2. The second-order valence-corrected chi connectivity index (χ2v) is 9.08. The predicted molar refractivity (Wildman–Crippen MR) is 124 cm³/mol. The number of Topliss-reactive ketones (excluding diaryl/α,β-unsaturated/α-hetero) is 2. The lowest BCUT2D eigenvalue weighted by molar-refractivity contribution is -0.117. The molecule has 4 rings (SSSR count). The van der Waals surface area contributed by atoms with Crippen molar-refractivity contribution >= 4 is 34.2 Å². The van der Waals surface area contributed by atoms with E-state index >= 15 is 0 Å². The smallest absolute Gasteiger partial charge is 0.174 e. The average Bonchev–Trinajstić information content (AvgIpc) is 2.72.